The van der Waals surface area contributed by atoms with E-state index in [0.717, 1.165) is 51.4 Å². The summed E-state index contributed by atoms with van der Waals surface area (Å²) in [4.78, 5) is 25.5. The van der Waals surface area contributed by atoms with Crippen molar-refractivity contribution in [2.75, 3.05) is 40.9 Å². The second-order valence-corrected chi connectivity index (χ2v) is 22.4. The lowest BCUT2D eigenvalue weighted by molar-refractivity contribution is -0.870. The van der Waals surface area contributed by atoms with Crippen molar-refractivity contribution in [2.24, 2.45) is 0 Å². The van der Waals surface area contributed by atoms with E-state index in [0.29, 0.717) is 17.4 Å². The number of rotatable bonds is 53. The van der Waals surface area contributed by atoms with Gasteiger partial charge in [-0.3, -0.25) is 9.36 Å². The number of phosphoric acid groups is 1. The van der Waals surface area contributed by atoms with Crippen molar-refractivity contribution in [3.05, 3.63) is 60.8 Å². The van der Waals surface area contributed by atoms with Crippen molar-refractivity contribution in [1.82, 2.24) is 5.32 Å². The molecule has 0 aromatic heterocycles. The van der Waals surface area contributed by atoms with Crippen LogP contribution in [0.5, 0.6) is 0 Å². The number of allylic oxidation sites excluding steroid dienone is 9. The van der Waals surface area contributed by atoms with Gasteiger partial charge in [-0.25, -0.2) is 0 Å². The molecule has 1 amide bonds. The maximum atomic E-state index is 13.0. The molecule has 0 spiro atoms. The molecule has 3 atom stereocenters. The largest absolute Gasteiger partial charge is 0.756 e. The third-order valence-electron chi connectivity index (χ3n) is 12.9. The SMILES string of the molecule is CCCCCCC/C=C\C/C=C\C/C=C\CCCCCCCCCCCCCCC(=O)NC(COP(=O)([O-])OCC[N+](C)(C)C)C(O)/C=C/CC/C=C/CCCCCCCCCCCCCCCC. The standard InChI is InChI=1S/C60H113N2O6P/c1-6-8-10-12-14-16-18-20-22-24-26-28-29-30-31-32-33-34-36-38-40-42-44-46-48-50-52-54-60(64)61-58(57-68-69(65,66)67-56-55-62(3,4)5)59(63)53-51-49-47-45-43-41-39-37-35-27-25-23-21-19-17-15-13-11-9-7-2/h18,20,24,26,29-30,43,45,51,53,58-59,63H,6-17,19,21-23,25,27-28,31-42,44,46-50,52,54-57H2,1-5H3,(H-,61,64,65,66)/b20-18-,26-24-,30-29-,45-43+,53-51+. The number of phosphoric ester groups is 1. The molecule has 0 saturated heterocycles. The number of hydrogen-bond donors (Lipinski definition) is 2. The third kappa shape index (κ3) is 53.8. The Labute approximate surface area is 428 Å². The Morgan fingerprint density at radius 1 is 0.507 bits per heavy atom. The summed E-state index contributed by atoms with van der Waals surface area (Å²) in [6, 6.07) is -0.907. The first-order valence-electron chi connectivity index (χ1n) is 29.2. The van der Waals surface area contributed by atoms with Crippen LogP contribution in [0.2, 0.25) is 0 Å². The first-order chi connectivity index (χ1) is 33.5. The normalized spacial score (nSPS) is 14.4. The molecule has 2 N–H and O–H groups in total. The van der Waals surface area contributed by atoms with Crippen LogP contribution in [0.15, 0.2) is 60.8 Å². The smallest absolute Gasteiger partial charge is 0.268 e. The van der Waals surface area contributed by atoms with Gasteiger partial charge in [0, 0.05) is 6.42 Å². The van der Waals surface area contributed by atoms with E-state index in [4.69, 9.17) is 9.05 Å². The lowest BCUT2D eigenvalue weighted by Gasteiger charge is -2.29. The minimum absolute atomic E-state index is 0.00805. The van der Waals surface area contributed by atoms with Crippen LogP contribution in [0.1, 0.15) is 264 Å². The molecule has 404 valence electrons. The average molecular weight is 990 g/mol. The molecule has 0 radical (unpaired) electrons. The van der Waals surface area contributed by atoms with Crippen LogP contribution in [0, 0.1) is 0 Å². The predicted molar refractivity (Wildman–Crippen MR) is 297 cm³/mol. The van der Waals surface area contributed by atoms with E-state index in [1.54, 1.807) is 6.08 Å². The molecule has 8 nitrogen and oxygen atoms in total. The highest BCUT2D eigenvalue weighted by atomic mass is 31.2. The van der Waals surface area contributed by atoms with E-state index in [1.807, 2.05) is 27.2 Å². The van der Waals surface area contributed by atoms with Crippen molar-refractivity contribution >= 4 is 13.7 Å². The van der Waals surface area contributed by atoms with Gasteiger partial charge in [-0.05, 0) is 70.6 Å². The van der Waals surface area contributed by atoms with Gasteiger partial charge in [0.25, 0.3) is 7.82 Å². The fourth-order valence-corrected chi connectivity index (χ4v) is 9.08. The Hall–Kier alpha value is -1.80. The Balaban J connectivity index is 4.24. The first-order valence-corrected chi connectivity index (χ1v) is 30.6. The molecular weight excluding hydrogens is 876 g/mol. The van der Waals surface area contributed by atoms with Crippen LogP contribution in [-0.4, -0.2) is 68.5 Å². The summed E-state index contributed by atoms with van der Waals surface area (Å²) in [7, 11) is 1.24. The van der Waals surface area contributed by atoms with Gasteiger partial charge in [-0.2, -0.15) is 0 Å². The number of carbonyl (C=O) groups excluding carboxylic acids is 1. The highest BCUT2D eigenvalue weighted by molar-refractivity contribution is 7.45. The van der Waals surface area contributed by atoms with Gasteiger partial charge in [0.1, 0.15) is 13.2 Å². The maximum absolute atomic E-state index is 13.0. The molecule has 0 aliphatic carbocycles. The summed E-state index contributed by atoms with van der Waals surface area (Å²) in [5, 5.41) is 13.9. The summed E-state index contributed by atoms with van der Waals surface area (Å²) in [6.45, 7) is 4.64. The summed E-state index contributed by atoms with van der Waals surface area (Å²) < 4.78 is 23.3. The number of aliphatic hydroxyl groups is 1. The van der Waals surface area contributed by atoms with Gasteiger partial charge in [0.2, 0.25) is 5.91 Å². The quantitative estimate of drug-likeness (QED) is 0.0272. The molecule has 0 aliphatic heterocycles. The number of carbonyl (C=O) groups is 1. The minimum Gasteiger partial charge on any atom is -0.756 e. The summed E-state index contributed by atoms with van der Waals surface area (Å²) in [6.07, 6.45) is 68.7. The lowest BCUT2D eigenvalue weighted by Crippen LogP contribution is -2.45. The van der Waals surface area contributed by atoms with E-state index >= 15 is 0 Å². The van der Waals surface area contributed by atoms with Crippen molar-refractivity contribution in [2.45, 2.75) is 276 Å². The maximum Gasteiger partial charge on any atom is 0.268 e. The Morgan fingerprint density at radius 3 is 1.28 bits per heavy atom. The van der Waals surface area contributed by atoms with Crippen molar-refractivity contribution in [1.29, 1.82) is 0 Å². The number of amides is 1. The van der Waals surface area contributed by atoms with Crippen LogP contribution in [0.3, 0.4) is 0 Å². The number of nitrogens with one attached hydrogen (secondary N) is 1. The van der Waals surface area contributed by atoms with E-state index in [2.05, 4.69) is 67.8 Å². The predicted octanol–water partition coefficient (Wildman–Crippen LogP) is 17.1. The highest BCUT2D eigenvalue weighted by Gasteiger charge is 2.23. The number of nitrogens with zero attached hydrogens (tertiary/aromatic N) is 1. The summed E-state index contributed by atoms with van der Waals surface area (Å²) in [5.74, 6) is -0.209. The van der Waals surface area contributed by atoms with Crippen molar-refractivity contribution in [3.8, 4) is 0 Å². The van der Waals surface area contributed by atoms with Crippen LogP contribution in [0.4, 0.5) is 0 Å². The zero-order valence-electron chi connectivity index (χ0n) is 46.0. The number of aliphatic hydroxyl groups excluding tert-OH is 1. The van der Waals surface area contributed by atoms with Gasteiger partial charge >= 0.3 is 0 Å². The zero-order chi connectivity index (χ0) is 50.6. The molecule has 3 unspecified atom stereocenters. The molecule has 0 heterocycles. The monoisotopic (exact) mass is 989 g/mol. The summed E-state index contributed by atoms with van der Waals surface area (Å²) >= 11 is 0. The molecule has 0 rings (SSSR count). The highest BCUT2D eigenvalue weighted by Crippen LogP contribution is 2.38. The van der Waals surface area contributed by atoms with Gasteiger partial charge in [0.15, 0.2) is 0 Å². The van der Waals surface area contributed by atoms with Gasteiger partial charge < -0.3 is 28.8 Å². The number of unbranched alkanes of at least 4 members (excludes halogenated alkanes) is 32. The summed E-state index contributed by atoms with van der Waals surface area (Å²) in [5.41, 5.74) is 0. The topological polar surface area (TPSA) is 108 Å². The van der Waals surface area contributed by atoms with E-state index < -0.39 is 26.6 Å². The Bertz CT molecular complexity index is 1310. The van der Waals surface area contributed by atoms with Gasteiger partial charge in [-0.15, -0.1) is 0 Å². The molecule has 0 bridgehead atoms. The molecule has 9 heteroatoms. The van der Waals surface area contributed by atoms with Crippen molar-refractivity contribution in [3.63, 3.8) is 0 Å². The van der Waals surface area contributed by atoms with E-state index in [-0.39, 0.29) is 12.5 Å². The number of quaternary nitrogens is 1. The molecule has 0 fully saturated rings. The molecule has 0 aliphatic rings. The fourth-order valence-electron chi connectivity index (χ4n) is 8.35. The Morgan fingerprint density at radius 2 is 0.855 bits per heavy atom. The lowest BCUT2D eigenvalue weighted by atomic mass is 10.0. The van der Waals surface area contributed by atoms with Crippen LogP contribution in [-0.2, 0) is 18.4 Å². The van der Waals surface area contributed by atoms with Gasteiger partial charge in [0.05, 0.1) is 39.9 Å². The van der Waals surface area contributed by atoms with Crippen molar-refractivity contribution < 1.29 is 32.9 Å². The molecular formula is C60H113N2O6P. The van der Waals surface area contributed by atoms with Crippen LogP contribution < -0.4 is 10.2 Å². The first kappa shape index (κ1) is 67.2. The third-order valence-corrected chi connectivity index (χ3v) is 13.9. The zero-order valence-corrected chi connectivity index (χ0v) is 46.9. The fraction of sp³-hybridized carbons (Fsp3) is 0.817. The average Bonchev–Trinajstić information content (AvgIpc) is 3.31. The van der Waals surface area contributed by atoms with E-state index in [9.17, 15) is 19.4 Å². The molecule has 0 aromatic rings. The second-order valence-electron chi connectivity index (χ2n) is 21.0. The van der Waals surface area contributed by atoms with Crippen LogP contribution in [0.25, 0.3) is 0 Å². The minimum atomic E-state index is -4.61. The molecule has 0 saturated carbocycles. The second kappa shape index (κ2) is 51.1. The number of likely N-dealkylation sites (N-methyl/N-ethyl adjacent to an activating group) is 1. The molecule has 69 heavy (non-hydrogen) atoms. The van der Waals surface area contributed by atoms with Crippen LogP contribution >= 0.6 is 7.82 Å². The number of hydrogen-bond acceptors (Lipinski definition) is 6. The molecule has 0 aromatic carbocycles. The van der Waals surface area contributed by atoms with E-state index in [1.165, 1.54) is 193 Å². The van der Waals surface area contributed by atoms with Gasteiger partial charge in [-0.1, -0.05) is 248 Å². The Kier molecular flexibility index (Phi) is 49.8.